The van der Waals surface area contributed by atoms with Crippen molar-refractivity contribution < 1.29 is 14.7 Å². The van der Waals surface area contributed by atoms with Crippen molar-refractivity contribution in [2.75, 3.05) is 4.90 Å². The second kappa shape index (κ2) is 6.79. The molecule has 0 saturated carbocycles. The van der Waals surface area contributed by atoms with Crippen molar-refractivity contribution >= 4 is 17.4 Å². The van der Waals surface area contributed by atoms with Crippen LogP contribution in [0.25, 0.3) is 0 Å². The molecular formula is C22H23NO3. The van der Waals surface area contributed by atoms with Gasteiger partial charge in [0.05, 0.1) is 11.6 Å². The van der Waals surface area contributed by atoms with Gasteiger partial charge in [0.1, 0.15) is 0 Å². The zero-order chi connectivity index (χ0) is 19.0. The number of aliphatic hydroxyl groups excluding tert-OH is 1. The number of ketones is 1. The summed E-state index contributed by atoms with van der Waals surface area (Å²) in [5.41, 5.74) is 3.81. The summed E-state index contributed by atoms with van der Waals surface area (Å²) in [6.07, 6.45) is 0. The van der Waals surface area contributed by atoms with Gasteiger partial charge in [0.25, 0.3) is 5.91 Å². The van der Waals surface area contributed by atoms with Crippen molar-refractivity contribution in [3.05, 3.63) is 76.6 Å². The van der Waals surface area contributed by atoms with E-state index in [9.17, 15) is 14.7 Å². The monoisotopic (exact) mass is 349 g/mol. The minimum atomic E-state index is -0.624. The first kappa shape index (κ1) is 17.9. The maximum atomic E-state index is 12.9. The van der Waals surface area contributed by atoms with E-state index in [1.54, 1.807) is 13.8 Å². The average Bonchev–Trinajstić information content (AvgIpc) is 2.89. The van der Waals surface area contributed by atoms with Gasteiger partial charge in [0.2, 0.25) is 0 Å². The lowest BCUT2D eigenvalue weighted by Crippen LogP contribution is -2.31. The van der Waals surface area contributed by atoms with E-state index < -0.39 is 17.7 Å². The van der Waals surface area contributed by atoms with E-state index in [1.807, 2.05) is 62.4 Å². The number of carbonyl (C=O) groups excluding carboxylic acids is 2. The Morgan fingerprint density at radius 2 is 1.69 bits per heavy atom. The Labute approximate surface area is 153 Å². The highest BCUT2D eigenvalue weighted by Gasteiger charge is 2.44. The Hall–Kier alpha value is -2.88. The summed E-state index contributed by atoms with van der Waals surface area (Å²) in [5, 5.41) is 10.5. The summed E-state index contributed by atoms with van der Waals surface area (Å²) in [6, 6.07) is 14.5. The number of anilines is 1. The zero-order valence-corrected chi connectivity index (χ0v) is 15.5. The molecule has 3 rings (SSSR count). The lowest BCUT2D eigenvalue weighted by molar-refractivity contribution is -0.119. The first-order valence-corrected chi connectivity index (χ1v) is 8.76. The number of nitrogens with zero attached hydrogens (tertiary/aromatic N) is 1. The number of aliphatic hydroxyl groups is 1. The number of amides is 1. The molecule has 1 amide bonds. The molecule has 0 aliphatic carbocycles. The molecule has 4 nitrogen and oxygen atoms in total. The number of Topliss-reactive ketones (excluding diaryl/α,β-unsaturated/α-hetero) is 1. The minimum Gasteiger partial charge on any atom is -0.503 e. The molecule has 0 saturated heterocycles. The molecule has 0 fully saturated rings. The highest BCUT2D eigenvalue weighted by atomic mass is 16.3. The number of aryl methyl sites for hydroxylation is 2. The van der Waals surface area contributed by atoms with Crippen molar-refractivity contribution in [1.82, 2.24) is 0 Å². The van der Waals surface area contributed by atoms with Crippen molar-refractivity contribution in [2.45, 2.75) is 33.7 Å². The Bertz CT molecular complexity index is 897. The molecule has 0 radical (unpaired) electrons. The van der Waals surface area contributed by atoms with E-state index in [0.717, 1.165) is 16.7 Å². The predicted molar refractivity (Wildman–Crippen MR) is 102 cm³/mol. The third kappa shape index (κ3) is 2.92. The number of hydrogen-bond donors (Lipinski definition) is 1. The smallest absolute Gasteiger partial charge is 0.294 e. The van der Waals surface area contributed by atoms with Crippen molar-refractivity contribution in [1.29, 1.82) is 0 Å². The summed E-state index contributed by atoms with van der Waals surface area (Å²) in [6.45, 7) is 7.52. The molecule has 26 heavy (non-hydrogen) atoms. The van der Waals surface area contributed by atoms with Crippen LogP contribution in [-0.4, -0.2) is 16.8 Å². The molecule has 2 aromatic carbocycles. The van der Waals surface area contributed by atoms with Gasteiger partial charge in [-0.25, -0.2) is 0 Å². The molecule has 1 aliphatic rings. The van der Waals surface area contributed by atoms with Crippen molar-refractivity contribution in [2.24, 2.45) is 5.92 Å². The van der Waals surface area contributed by atoms with E-state index in [-0.39, 0.29) is 17.3 Å². The fourth-order valence-electron chi connectivity index (χ4n) is 3.26. The van der Waals surface area contributed by atoms with Gasteiger partial charge in [-0.3, -0.25) is 14.5 Å². The molecule has 0 aromatic heterocycles. The van der Waals surface area contributed by atoms with Crippen LogP contribution in [0, 0.1) is 19.8 Å². The summed E-state index contributed by atoms with van der Waals surface area (Å²) < 4.78 is 0. The number of hydrogen-bond acceptors (Lipinski definition) is 3. The first-order valence-electron chi connectivity index (χ1n) is 8.76. The summed E-state index contributed by atoms with van der Waals surface area (Å²) >= 11 is 0. The molecule has 1 N–H and O–H groups in total. The van der Waals surface area contributed by atoms with Crippen LogP contribution in [0.3, 0.4) is 0 Å². The third-order valence-electron chi connectivity index (χ3n) is 4.88. The SMILES string of the molecule is Cc1ccc(N2C(=O)C(O)=C(C(=O)C(C)C)C2c2ccccc2)cc1C. The molecule has 1 atom stereocenters. The third-order valence-corrected chi connectivity index (χ3v) is 4.88. The van der Waals surface area contributed by atoms with E-state index in [0.29, 0.717) is 5.69 Å². The predicted octanol–water partition coefficient (Wildman–Crippen LogP) is 4.43. The van der Waals surface area contributed by atoms with Gasteiger partial charge < -0.3 is 5.11 Å². The van der Waals surface area contributed by atoms with Gasteiger partial charge >= 0.3 is 0 Å². The molecule has 0 spiro atoms. The summed E-state index contributed by atoms with van der Waals surface area (Å²) in [5.74, 6) is -1.51. The number of carbonyl (C=O) groups is 2. The van der Waals surface area contributed by atoms with Gasteiger partial charge in [-0.05, 0) is 42.7 Å². The van der Waals surface area contributed by atoms with Gasteiger partial charge in [0.15, 0.2) is 11.5 Å². The normalized spacial score (nSPS) is 17.3. The Morgan fingerprint density at radius 3 is 2.27 bits per heavy atom. The summed E-state index contributed by atoms with van der Waals surface area (Å²) in [7, 11) is 0. The maximum Gasteiger partial charge on any atom is 0.294 e. The largest absolute Gasteiger partial charge is 0.503 e. The van der Waals surface area contributed by atoms with Crippen LogP contribution in [-0.2, 0) is 9.59 Å². The van der Waals surface area contributed by atoms with Crippen LogP contribution in [0.1, 0.15) is 36.6 Å². The maximum absolute atomic E-state index is 12.9. The number of rotatable bonds is 4. The molecule has 4 heteroatoms. The van der Waals surface area contributed by atoms with E-state index in [1.165, 1.54) is 4.90 Å². The molecule has 0 bridgehead atoms. The van der Waals surface area contributed by atoms with E-state index >= 15 is 0 Å². The second-order valence-electron chi connectivity index (χ2n) is 7.04. The van der Waals surface area contributed by atoms with Crippen LogP contribution in [0.2, 0.25) is 0 Å². The lowest BCUT2D eigenvalue weighted by Gasteiger charge is -2.28. The molecule has 134 valence electrons. The Balaban J connectivity index is 2.19. The quantitative estimate of drug-likeness (QED) is 0.888. The molecule has 2 aromatic rings. The molecule has 1 heterocycles. The fraction of sp³-hybridized carbons (Fsp3) is 0.273. The van der Waals surface area contributed by atoms with Crippen LogP contribution in [0.5, 0.6) is 0 Å². The Morgan fingerprint density at radius 1 is 1.04 bits per heavy atom. The highest BCUT2D eigenvalue weighted by molar-refractivity contribution is 6.16. The van der Waals surface area contributed by atoms with Crippen molar-refractivity contribution in [3.8, 4) is 0 Å². The molecular weight excluding hydrogens is 326 g/mol. The standard InChI is InChI=1S/C22H23NO3/c1-13(2)20(24)18-19(16-8-6-5-7-9-16)23(22(26)21(18)25)17-11-10-14(3)15(4)12-17/h5-13,19,25H,1-4H3. The van der Waals surface area contributed by atoms with Gasteiger partial charge in [-0.2, -0.15) is 0 Å². The zero-order valence-electron chi connectivity index (χ0n) is 15.5. The summed E-state index contributed by atoms with van der Waals surface area (Å²) in [4.78, 5) is 27.2. The van der Waals surface area contributed by atoms with Crippen LogP contribution in [0.15, 0.2) is 59.9 Å². The fourth-order valence-corrected chi connectivity index (χ4v) is 3.26. The minimum absolute atomic E-state index is 0.175. The second-order valence-corrected chi connectivity index (χ2v) is 7.04. The number of benzene rings is 2. The van der Waals surface area contributed by atoms with Gasteiger partial charge in [0, 0.05) is 11.6 Å². The van der Waals surface area contributed by atoms with Gasteiger partial charge in [-0.1, -0.05) is 50.2 Å². The van der Waals surface area contributed by atoms with E-state index in [4.69, 9.17) is 0 Å². The van der Waals surface area contributed by atoms with Gasteiger partial charge in [-0.15, -0.1) is 0 Å². The van der Waals surface area contributed by atoms with E-state index in [2.05, 4.69) is 0 Å². The molecule has 1 aliphatic heterocycles. The highest BCUT2D eigenvalue weighted by Crippen LogP contribution is 2.42. The van der Waals surface area contributed by atoms with Crippen LogP contribution >= 0.6 is 0 Å². The lowest BCUT2D eigenvalue weighted by atomic mass is 9.91. The van der Waals surface area contributed by atoms with Crippen molar-refractivity contribution in [3.63, 3.8) is 0 Å². The van der Waals surface area contributed by atoms with Crippen LogP contribution < -0.4 is 4.90 Å². The topological polar surface area (TPSA) is 57.6 Å². The Kier molecular flexibility index (Phi) is 4.68. The average molecular weight is 349 g/mol. The molecule has 1 unspecified atom stereocenters. The van der Waals surface area contributed by atoms with Crippen LogP contribution in [0.4, 0.5) is 5.69 Å². The first-order chi connectivity index (χ1) is 12.3.